The molecule has 2 N–H and O–H groups in total. The van der Waals surface area contributed by atoms with Crippen molar-refractivity contribution in [2.75, 3.05) is 31.4 Å². The molecule has 10 heteroatoms. The zero-order valence-corrected chi connectivity index (χ0v) is 18.1. The van der Waals surface area contributed by atoms with E-state index in [1.165, 1.54) is 14.0 Å². The van der Waals surface area contributed by atoms with Crippen LogP contribution in [-0.2, 0) is 11.3 Å². The molecular formula is C21H26N6O4. The first-order valence-corrected chi connectivity index (χ1v) is 9.97. The normalized spacial score (nSPS) is 10.7. The summed E-state index contributed by atoms with van der Waals surface area (Å²) in [5, 5.41) is 10.3. The van der Waals surface area contributed by atoms with Crippen molar-refractivity contribution in [2.45, 2.75) is 33.2 Å². The molecule has 1 aromatic carbocycles. The van der Waals surface area contributed by atoms with Crippen LogP contribution >= 0.6 is 0 Å². The minimum atomic E-state index is -0.651. The topological polar surface area (TPSA) is 120 Å². The van der Waals surface area contributed by atoms with E-state index in [9.17, 15) is 9.59 Å². The number of benzene rings is 1. The Morgan fingerprint density at radius 2 is 2.00 bits per heavy atom. The van der Waals surface area contributed by atoms with Crippen molar-refractivity contribution in [2.24, 2.45) is 0 Å². The fourth-order valence-corrected chi connectivity index (χ4v) is 3.08. The van der Waals surface area contributed by atoms with Crippen molar-refractivity contribution in [3.05, 3.63) is 35.5 Å². The number of nitrogens with zero attached hydrogens (tertiary/aromatic N) is 4. The molecule has 0 saturated carbocycles. The lowest BCUT2D eigenvalue weighted by Gasteiger charge is -2.13. The highest BCUT2D eigenvalue weighted by atomic mass is 16.5. The molecule has 10 nitrogen and oxygen atoms in total. The second-order valence-corrected chi connectivity index (χ2v) is 6.91. The SMILES string of the molecule is CCCCNc1nc(NC(=O)OC)nc2cnn(Cc3ccc(C(C)=O)cc3OC)c12. The first-order chi connectivity index (χ1) is 15.0. The van der Waals surface area contributed by atoms with Crippen LogP contribution in [0.5, 0.6) is 5.75 Å². The first kappa shape index (κ1) is 22.0. The predicted octanol–water partition coefficient (Wildman–Crippen LogP) is 3.48. The van der Waals surface area contributed by atoms with Gasteiger partial charge in [-0.25, -0.2) is 9.78 Å². The summed E-state index contributed by atoms with van der Waals surface area (Å²) < 4.78 is 11.9. The summed E-state index contributed by atoms with van der Waals surface area (Å²) in [6, 6.07) is 5.33. The number of carbonyl (C=O) groups is 2. The molecule has 0 bridgehead atoms. The van der Waals surface area contributed by atoms with Gasteiger partial charge in [0.05, 0.1) is 27.0 Å². The van der Waals surface area contributed by atoms with Crippen LogP contribution in [0.15, 0.2) is 24.4 Å². The van der Waals surface area contributed by atoms with Crippen LogP contribution in [0, 0.1) is 0 Å². The Balaban J connectivity index is 2.01. The van der Waals surface area contributed by atoms with Crippen molar-refractivity contribution in [1.82, 2.24) is 19.7 Å². The van der Waals surface area contributed by atoms with E-state index in [0.29, 0.717) is 41.3 Å². The van der Waals surface area contributed by atoms with Gasteiger partial charge >= 0.3 is 6.09 Å². The van der Waals surface area contributed by atoms with Gasteiger partial charge in [0, 0.05) is 17.7 Å². The van der Waals surface area contributed by atoms with Crippen molar-refractivity contribution in [1.29, 1.82) is 0 Å². The summed E-state index contributed by atoms with van der Waals surface area (Å²) in [6.45, 7) is 4.71. The second kappa shape index (κ2) is 9.88. The lowest BCUT2D eigenvalue weighted by Crippen LogP contribution is -2.15. The number of unbranched alkanes of at least 4 members (excludes halogenated alkanes) is 1. The first-order valence-electron chi connectivity index (χ1n) is 9.97. The smallest absolute Gasteiger partial charge is 0.413 e. The average Bonchev–Trinajstić information content (AvgIpc) is 3.16. The Morgan fingerprint density at radius 1 is 1.19 bits per heavy atom. The van der Waals surface area contributed by atoms with Gasteiger partial charge in [-0.05, 0) is 19.4 Å². The number of methoxy groups -OCH3 is 2. The Kier molecular flexibility index (Phi) is 7.01. The highest BCUT2D eigenvalue weighted by Crippen LogP contribution is 2.26. The highest BCUT2D eigenvalue weighted by molar-refractivity contribution is 5.94. The largest absolute Gasteiger partial charge is 0.496 e. The van der Waals surface area contributed by atoms with Gasteiger partial charge in [0.2, 0.25) is 5.95 Å². The van der Waals surface area contributed by atoms with E-state index in [2.05, 4.69) is 37.4 Å². The van der Waals surface area contributed by atoms with Crippen LogP contribution in [0.2, 0.25) is 0 Å². The molecule has 0 aliphatic heterocycles. The molecule has 0 fully saturated rings. The number of amides is 1. The summed E-state index contributed by atoms with van der Waals surface area (Å²) in [6.07, 6.45) is 2.94. The standard InChI is InChI=1S/C21H26N6O4/c1-5-6-9-22-19-18-16(24-20(25-19)26-21(29)31-4)11-23-27(18)12-15-8-7-14(13(2)28)10-17(15)30-3/h7-8,10-11H,5-6,9,12H2,1-4H3,(H2,22,24,25,26,29). The number of anilines is 2. The van der Waals surface area contributed by atoms with Crippen LogP contribution in [0.4, 0.5) is 16.6 Å². The zero-order valence-electron chi connectivity index (χ0n) is 18.1. The molecule has 0 radical (unpaired) electrons. The minimum absolute atomic E-state index is 0.0316. The molecule has 2 heterocycles. The molecule has 2 aromatic heterocycles. The van der Waals surface area contributed by atoms with Crippen molar-refractivity contribution < 1.29 is 19.1 Å². The molecule has 1 amide bonds. The number of ether oxygens (including phenoxy) is 2. The molecule has 0 spiro atoms. The van der Waals surface area contributed by atoms with Gasteiger partial charge < -0.3 is 14.8 Å². The van der Waals surface area contributed by atoms with Gasteiger partial charge in [-0.2, -0.15) is 10.1 Å². The highest BCUT2D eigenvalue weighted by Gasteiger charge is 2.17. The summed E-state index contributed by atoms with van der Waals surface area (Å²) >= 11 is 0. The molecule has 0 saturated heterocycles. The van der Waals surface area contributed by atoms with Crippen LogP contribution < -0.4 is 15.4 Å². The fourth-order valence-electron chi connectivity index (χ4n) is 3.08. The molecule has 31 heavy (non-hydrogen) atoms. The Hall–Kier alpha value is -3.69. The predicted molar refractivity (Wildman–Crippen MR) is 117 cm³/mol. The molecule has 3 aromatic rings. The van der Waals surface area contributed by atoms with E-state index in [1.54, 1.807) is 30.1 Å². The molecule has 164 valence electrons. The van der Waals surface area contributed by atoms with E-state index in [4.69, 9.17) is 4.74 Å². The average molecular weight is 426 g/mol. The summed E-state index contributed by atoms with van der Waals surface area (Å²) in [4.78, 5) is 32.1. The molecular weight excluding hydrogens is 400 g/mol. The number of nitrogens with one attached hydrogen (secondary N) is 2. The lowest BCUT2D eigenvalue weighted by atomic mass is 10.1. The maximum Gasteiger partial charge on any atom is 0.413 e. The van der Waals surface area contributed by atoms with Gasteiger partial charge in [0.15, 0.2) is 11.6 Å². The number of ketones is 1. The number of hydrogen-bond donors (Lipinski definition) is 2. The Bertz CT molecular complexity index is 1090. The number of carbonyl (C=O) groups excluding carboxylic acids is 2. The monoisotopic (exact) mass is 426 g/mol. The molecule has 0 aliphatic rings. The Morgan fingerprint density at radius 3 is 2.68 bits per heavy atom. The van der Waals surface area contributed by atoms with Crippen molar-refractivity contribution in [3.8, 4) is 5.75 Å². The van der Waals surface area contributed by atoms with Gasteiger partial charge in [0.25, 0.3) is 0 Å². The Labute approximate surface area is 180 Å². The summed E-state index contributed by atoms with van der Waals surface area (Å²) in [5.74, 6) is 1.25. The number of rotatable bonds is 9. The zero-order chi connectivity index (χ0) is 22.4. The molecule has 3 rings (SSSR count). The van der Waals surface area contributed by atoms with Crippen LogP contribution in [0.1, 0.15) is 42.6 Å². The van der Waals surface area contributed by atoms with Crippen molar-refractivity contribution >= 4 is 34.7 Å². The maximum atomic E-state index is 11.7. The summed E-state index contributed by atoms with van der Waals surface area (Å²) in [5.41, 5.74) is 2.70. The molecule has 0 aliphatic carbocycles. The summed E-state index contributed by atoms with van der Waals surface area (Å²) in [7, 11) is 2.84. The quantitative estimate of drug-likeness (QED) is 0.394. The van der Waals surface area contributed by atoms with E-state index >= 15 is 0 Å². The third-order valence-electron chi connectivity index (χ3n) is 4.72. The third-order valence-corrected chi connectivity index (χ3v) is 4.72. The van der Waals surface area contributed by atoms with E-state index in [1.807, 2.05) is 6.07 Å². The molecule has 0 unspecified atom stereocenters. The van der Waals surface area contributed by atoms with Crippen LogP contribution in [-0.4, -0.2) is 52.4 Å². The fraction of sp³-hybridized carbons (Fsp3) is 0.381. The maximum absolute atomic E-state index is 11.7. The van der Waals surface area contributed by atoms with Gasteiger partial charge in [0.1, 0.15) is 16.8 Å². The minimum Gasteiger partial charge on any atom is -0.496 e. The third kappa shape index (κ3) is 5.08. The van der Waals surface area contributed by atoms with E-state index in [-0.39, 0.29) is 11.7 Å². The second-order valence-electron chi connectivity index (χ2n) is 6.91. The van der Waals surface area contributed by atoms with Gasteiger partial charge in [-0.15, -0.1) is 0 Å². The lowest BCUT2D eigenvalue weighted by molar-refractivity contribution is 0.101. The van der Waals surface area contributed by atoms with Gasteiger partial charge in [-0.3, -0.25) is 14.8 Å². The molecule has 0 atom stereocenters. The van der Waals surface area contributed by atoms with Crippen LogP contribution in [0.25, 0.3) is 11.0 Å². The van der Waals surface area contributed by atoms with Crippen LogP contribution in [0.3, 0.4) is 0 Å². The van der Waals surface area contributed by atoms with Crippen molar-refractivity contribution in [3.63, 3.8) is 0 Å². The van der Waals surface area contributed by atoms with E-state index < -0.39 is 6.09 Å². The van der Waals surface area contributed by atoms with E-state index in [0.717, 1.165) is 18.4 Å². The number of Topliss-reactive ketones (excluding diaryl/α,β-unsaturated/α-hetero) is 1. The number of fused-ring (bicyclic) bond motifs is 1. The number of hydrogen-bond acceptors (Lipinski definition) is 8. The van der Waals surface area contributed by atoms with Gasteiger partial charge in [-0.1, -0.05) is 25.5 Å². The number of aromatic nitrogens is 4.